The predicted octanol–water partition coefficient (Wildman–Crippen LogP) is 4.50. The van der Waals surface area contributed by atoms with Crippen LogP contribution in [0, 0.1) is 0 Å². The van der Waals surface area contributed by atoms with E-state index in [0.29, 0.717) is 13.0 Å². The lowest BCUT2D eigenvalue weighted by Gasteiger charge is -2.22. The molecule has 0 bridgehead atoms. The zero-order valence-electron chi connectivity index (χ0n) is 21.4. The SMILES string of the molecule is CCOC(=O)C(C)(C)n1cc(-c2ccn3c(-c4cccc(NC=O)c4)cnc3c2)cn1.CNCC(F)(F)F. The van der Waals surface area contributed by atoms with Gasteiger partial charge in [0.15, 0.2) is 5.54 Å². The van der Waals surface area contributed by atoms with Crippen molar-refractivity contribution >= 4 is 23.7 Å². The van der Waals surface area contributed by atoms with Gasteiger partial charge in [0, 0.05) is 29.2 Å². The Bertz CT molecular complexity index is 1390. The van der Waals surface area contributed by atoms with Crippen LogP contribution in [0.25, 0.3) is 28.0 Å². The molecule has 0 atom stereocenters. The van der Waals surface area contributed by atoms with Gasteiger partial charge in [0.1, 0.15) is 5.65 Å². The predicted molar refractivity (Wildman–Crippen MR) is 137 cm³/mol. The first-order chi connectivity index (χ1) is 18.0. The number of carbonyl (C=O) groups excluding carboxylic acids is 2. The summed E-state index contributed by atoms with van der Waals surface area (Å²) in [6.45, 7) is 4.75. The Balaban J connectivity index is 0.000000505. The maximum Gasteiger partial charge on any atom is 0.401 e. The largest absolute Gasteiger partial charge is 0.464 e. The summed E-state index contributed by atoms with van der Waals surface area (Å²) in [5.74, 6) is -0.329. The summed E-state index contributed by atoms with van der Waals surface area (Å²) < 4.78 is 41.7. The molecule has 1 amide bonds. The summed E-state index contributed by atoms with van der Waals surface area (Å²) in [6.07, 6.45) is 3.90. The number of amides is 1. The maximum absolute atomic E-state index is 12.3. The molecule has 3 aromatic heterocycles. The molecule has 202 valence electrons. The van der Waals surface area contributed by atoms with Crippen molar-refractivity contribution < 1.29 is 27.5 Å². The summed E-state index contributed by atoms with van der Waals surface area (Å²) in [6, 6.07) is 11.5. The van der Waals surface area contributed by atoms with Crippen LogP contribution in [0.15, 0.2) is 61.2 Å². The highest BCUT2D eigenvalue weighted by Gasteiger charge is 2.32. The Labute approximate surface area is 217 Å². The van der Waals surface area contributed by atoms with Crippen LogP contribution < -0.4 is 10.6 Å². The van der Waals surface area contributed by atoms with E-state index in [2.05, 4.69) is 15.4 Å². The number of carbonyl (C=O) groups is 2. The van der Waals surface area contributed by atoms with Gasteiger partial charge in [0.25, 0.3) is 0 Å². The number of anilines is 1. The minimum absolute atomic E-state index is 0.323. The number of benzene rings is 1. The van der Waals surface area contributed by atoms with Crippen LogP contribution in [-0.2, 0) is 19.9 Å². The molecule has 0 saturated heterocycles. The standard InChI is InChI=1S/C23H23N5O3.C3H6F3N/c1-4-31-22(30)23(2,3)28-14-18(12-26-28)16-8-9-27-20(13-24-21(27)11-16)17-6-5-7-19(10-17)25-15-29;1-7-2-3(4,5)6/h5-15H,4H2,1-3H3,(H,25,29);7H,2H2,1H3. The Morgan fingerprint density at radius 1 is 1.11 bits per heavy atom. The van der Waals surface area contributed by atoms with Crippen molar-refractivity contribution in [3.63, 3.8) is 0 Å². The molecule has 2 N–H and O–H groups in total. The quantitative estimate of drug-likeness (QED) is 0.257. The van der Waals surface area contributed by atoms with Gasteiger partial charge < -0.3 is 15.4 Å². The summed E-state index contributed by atoms with van der Waals surface area (Å²) in [4.78, 5) is 27.5. The molecule has 3 heterocycles. The lowest BCUT2D eigenvalue weighted by Crippen LogP contribution is -2.37. The van der Waals surface area contributed by atoms with Crippen LogP contribution in [0.1, 0.15) is 20.8 Å². The number of fused-ring (bicyclic) bond motifs is 1. The van der Waals surface area contributed by atoms with Crippen LogP contribution in [-0.4, -0.2) is 57.9 Å². The molecule has 1 aromatic carbocycles. The molecule has 0 unspecified atom stereocenters. The first-order valence-corrected chi connectivity index (χ1v) is 11.7. The maximum atomic E-state index is 12.3. The van der Waals surface area contributed by atoms with E-state index < -0.39 is 18.3 Å². The fraction of sp³-hybridized carbons (Fsp3) is 0.308. The zero-order valence-corrected chi connectivity index (χ0v) is 21.4. The summed E-state index contributed by atoms with van der Waals surface area (Å²) >= 11 is 0. The normalized spacial score (nSPS) is 11.6. The van der Waals surface area contributed by atoms with Gasteiger partial charge in [-0.1, -0.05) is 12.1 Å². The topological polar surface area (TPSA) is 103 Å². The number of imidazole rings is 1. The number of esters is 1. The summed E-state index contributed by atoms with van der Waals surface area (Å²) in [5, 5.41) is 9.03. The Morgan fingerprint density at radius 2 is 1.87 bits per heavy atom. The number of halogens is 3. The number of hydrogen-bond acceptors (Lipinski definition) is 6. The number of nitrogens with one attached hydrogen (secondary N) is 2. The van der Waals surface area contributed by atoms with Crippen LogP contribution in [0.5, 0.6) is 0 Å². The number of pyridine rings is 1. The Kier molecular flexibility index (Phi) is 8.89. The molecule has 4 aromatic rings. The van der Waals surface area contributed by atoms with E-state index >= 15 is 0 Å². The number of aromatic nitrogens is 4. The van der Waals surface area contributed by atoms with Gasteiger partial charge in [-0.3, -0.25) is 13.9 Å². The molecule has 0 aliphatic rings. The van der Waals surface area contributed by atoms with E-state index in [0.717, 1.165) is 33.7 Å². The minimum Gasteiger partial charge on any atom is -0.464 e. The number of ether oxygens (including phenoxy) is 1. The van der Waals surface area contributed by atoms with Crippen molar-refractivity contribution in [1.82, 2.24) is 24.5 Å². The fourth-order valence-corrected chi connectivity index (χ4v) is 3.59. The Morgan fingerprint density at radius 3 is 2.50 bits per heavy atom. The van der Waals surface area contributed by atoms with Crippen molar-refractivity contribution in [2.24, 2.45) is 0 Å². The summed E-state index contributed by atoms with van der Waals surface area (Å²) in [7, 11) is 1.26. The molecule has 0 saturated carbocycles. The molecular formula is C26H29F3N6O3. The minimum atomic E-state index is -4.06. The molecule has 9 nitrogen and oxygen atoms in total. The second kappa shape index (κ2) is 11.9. The van der Waals surface area contributed by atoms with Crippen LogP contribution in [0.4, 0.5) is 18.9 Å². The lowest BCUT2D eigenvalue weighted by molar-refractivity contribution is -0.152. The third-order valence-electron chi connectivity index (χ3n) is 5.54. The third-order valence-corrected chi connectivity index (χ3v) is 5.54. The molecular weight excluding hydrogens is 501 g/mol. The molecule has 0 aliphatic carbocycles. The van der Waals surface area contributed by atoms with Crippen molar-refractivity contribution in [3.05, 3.63) is 61.2 Å². The average Bonchev–Trinajstić information content (AvgIpc) is 3.52. The molecule has 0 spiro atoms. The average molecular weight is 531 g/mol. The molecule has 0 radical (unpaired) electrons. The second-order valence-corrected chi connectivity index (χ2v) is 8.73. The highest BCUT2D eigenvalue weighted by molar-refractivity contribution is 5.78. The van der Waals surface area contributed by atoms with Crippen molar-refractivity contribution in [2.45, 2.75) is 32.5 Å². The molecule has 38 heavy (non-hydrogen) atoms. The van der Waals surface area contributed by atoms with Crippen LogP contribution >= 0.6 is 0 Å². The molecule has 0 aliphatic heterocycles. The zero-order chi connectivity index (χ0) is 27.9. The van der Waals surface area contributed by atoms with Crippen LogP contribution in [0.3, 0.4) is 0 Å². The van der Waals surface area contributed by atoms with E-state index in [-0.39, 0.29) is 5.97 Å². The van der Waals surface area contributed by atoms with E-state index in [1.807, 2.05) is 58.5 Å². The van der Waals surface area contributed by atoms with E-state index in [4.69, 9.17) is 4.74 Å². The smallest absolute Gasteiger partial charge is 0.401 e. The number of nitrogens with zero attached hydrogens (tertiary/aromatic N) is 4. The van der Waals surface area contributed by atoms with Crippen LogP contribution in [0.2, 0.25) is 0 Å². The highest BCUT2D eigenvalue weighted by atomic mass is 19.4. The Hall–Kier alpha value is -4.19. The van der Waals surface area contributed by atoms with Gasteiger partial charge in [0.05, 0.1) is 31.2 Å². The van der Waals surface area contributed by atoms with Crippen molar-refractivity contribution in [1.29, 1.82) is 0 Å². The molecule has 0 fully saturated rings. The number of rotatable bonds is 8. The molecule has 4 rings (SSSR count). The number of hydrogen-bond donors (Lipinski definition) is 2. The van der Waals surface area contributed by atoms with Gasteiger partial charge in [-0.15, -0.1) is 0 Å². The van der Waals surface area contributed by atoms with Crippen molar-refractivity contribution in [3.8, 4) is 22.4 Å². The summed E-state index contributed by atoms with van der Waals surface area (Å²) in [5.41, 5.74) is 4.26. The lowest BCUT2D eigenvalue weighted by atomic mass is 10.1. The highest BCUT2D eigenvalue weighted by Crippen LogP contribution is 2.28. The van der Waals surface area contributed by atoms with E-state index in [1.54, 1.807) is 37.8 Å². The van der Waals surface area contributed by atoms with Gasteiger partial charge in [0.2, 0.25) is 6.41 Å². The second-order valence-electron chi connectivity index (χ2n) is 8.73. The molecule has 12 heteroatoms. The number of alkyl halides is 3. The van der Waals surface area contributed by atoms with Gasteiger partial charge in [-0.25, -0.2) is 9.78 Å². The first kappa shape index (κ1) is 28.4. The van der Waals surface area contributed by atoms with Gasteiger partial charge >= 0.3 is 12.1 Å². The fourth-order valence-electron chi connectivity index (χ4n) is 3.59. The van der Waals surface area contributed by atoms with Gasteiger partial charge in [-0.05, 0) is 57.6 Å². The third kappa shape index (κ3) is 6.76. The first-order valence-electron chi connectivity index (χ1n) is 11.7. The van der Waals surface area contributed by atoms with E-state index in [1.165, 1.54) is 7.05 Å². The van der Waals surface area contributed by atoms with E-state index in [9.17, 15) is 22.8 Å². The van der Waals surface area contributed by atoms with Gasteiger partial charge in [-0.2, -0.15) is 18.3 Å². The monoisotopic (exact) mass is 530 g/mol. The van der Waals surface area contributed by atoms with Crippen molar-refractivity contribution in [2.75, 3.05) is 25.5 Å².